The van der Waals surface area contributed by atoms with Crippen molar-refractivity contribution in [2.24, 2.45) is 5.92 Å². The molecule has 5 heteroatoms. The van der Waals surface area contributed by atoms with Crippen LogP contribution in [0.25, 0.3) is 0 Å². The van der Waals surface area contributed by atoms with Crippen molar-refractivity contribution < 1.29 is 9.53 Å². The topological polar surface area (TPSA) is 38.3 Å². The summed E-state index contributed by atoms with van der Waals surface area (Å²) in [5.74, 6) is 0.886. The Morgan fingerprint density at radius 3 is 2.85 bits per heavy atom. The number of hydrogen-bond donors (Lipinski definition) is 1. The molecule has 1 saturated carbocycles. The molecule has 1 atom stereocenters. The molecule has 3 nitrogen and oxygen atoms in total. The zero-order chi connectivity index (χ0) is 14.6. The highest BCUT2D eigenvalue weighted by Crippen LogP contribution is 2.43. The molecule has 0 aromatic heterocycles. The quantitative estimate of drug-likeness (QED) is 0.619. The van der Waals surface area contributed by atoms with Gasteiger partial charge in [-0.05, 0) is 43.5 Å². The molecule has 20 heavy (non-hydrogen) atoms. The van der Waals surface area contributed by atoms with Gasteiger partial charge < -0.3 is 10.1 Å². The van der Waals surface area contributed by atoms with Gasteiger partial charge in [0.1, 0.15) is 5.54 Å². The van der Waals surface area contributed by atoms with Crippen molar-refractivity contribution in [1.29, 1.82) is 0 Å². The smallest absolute Gasteiger partial charge is 0.327 e. The normalized spacial score (nSPS) is 17.6. The van der Waals surface area contributed by atoms with Gasteiger partial charge in [-0.1, -0.05) is 24.6 Å². The molecular weight excluding hydrogens is 294 g/mol. The summed E-state index contributed by atoms with van der Waals surface area (Å²) in [4.78, 5) is 13.3. The van der Waals surface area contributed by atoms with Crippen LogP contribution in [0.2, 0.25) is 5.02 Å². The lowest BCUT2D eigenvalue weighted by Crippen LogP contribution is -2.56. The highest BCUT2D eigenvalue weighted by Gasteiger charge is 2.51. The van der Waals surface area contributed by atoms with Gasteiger partial charge in [0.25, 0.3) is 0 Å². The third-order valence-corrected chi connectivity index (χ3v) is 5.00. The number of rotatable bonds is 7. The van der Waals surface area contributed by atoms with Crippen molar-refractivity contribution in [2.45, 2.75) is 30.2 Å². The van der Waals surface area contributed by atoms with Crippen LogP contribution in [0.3, 0.4) is 0 Å². The minimum atomic E-state index is -0.573. The van der Waals surface area contributed by atoms with E-state index < -0.39 is 5.54 Å². The second-order valence-electron chi connectivity index (χ2n) is 5.01. The van der Waals surface area contributed by atoms with Crippen molar-refractivity contribution in [2.75, 3.05) is 19.4 Å². The Hall–Kier alpha value is -0.710. The lowest BCUT2D eigenvalue weighted by atomic mass is 9.95. The van der Waals surface area contributed by atoms with Crippen LogP contribution >= 0.6 is 23.4 Å². The highest BCUT2D eigenvalue weighted by molar-refractivity contribution is 7.99. The van der Waals surface area contributed by atoms with Gasteiger partial charge in [-0.2, -0.15) is 0 Å². The van der Waals surface area contributed by atoms with Gasteiger partial charge in [-0.3, -0.25) is 4.79 Å². The summed E-state index contributed by atoms with van der Waals surface area (Å²) < 4.78 is 5.04. The summed E-state index contributed by atoms with van der Waals surface area (Å²) in [6.07, 6.45) is 2.16. The largest absolute Gasteiger partial charge is 0.468 e. The molecule has 1 fully saturated rings. The molecule has 1 aromatic rings. The van der Waals surface area contributed by atoms with E-state index in [1.807, 2.05) is 31.2 Å². The van der Waals surface area contributed by atoms with Crippen LogP contribution in [-0.4, -0.2) is 30.9 Å². The van der Waals surface area contributed by atoms with Gasteiger partial charge in [0.05, 0.1) is 7.11 Å². The molecule has 1 aromatic carbocycles. The lowest BCUT2D eigenvalue weighted by Gasteiger charge is -2.31. The number of hydrogen-bond acceptors (Lipinski definition) is 4. The molecule has 0 aliphatic heterocycles. The van der Waals surface area contributed by atoms with Gasteiger partial charge in [-0.15, -0.1) is 11.8 Å². The Kier molecular flexibility index (Phi) is 5.35. The number of methoxy groups -OCH3 is 1. The van der Waals surface area contributed by atoms with Crippen LogP contribution in [0.15, 0.2) is 29.2 Å². The van der Waals surface area contributed by atoms with E-state index in [1.54, 1.807) is 11.8 Å². The third kappa shape index (κ3) is 3.48. The van der Waals surface area contributed by atoms with Crippen molar-refractivity contribution in [1.82, 2.24) is 5.32 Å². The Bertz CT molecular complexity index is 479. The number of benzene rings is 1. The summed E-state index contributed by atoms with van der Waals surface area (Å²) in [6.45, 7) is 2.77. The molecule has 1 unspecified atom stereocenters. The number of esters is 1. The molecule has 0 spiro atoms. The van der Waals surface area contributed by atoms with Crippen molar-refractivity contribution in [3.63, 3.8) is 0 Å². The zero-order valence-corrected chi connectivity index (χ0v) is 13.4. The third-order valence-electron chi connectivity index (χ3n) is 3.58. The Balaban J connectivity index is 2.13. The second kappa shape index (κ2) is 6.83. The summed E-state index contributed by atoms with van der Waals surface area (Å²) in [7, 11) is 1.46. The maximum absolute atomic E-state index is 12.3. The fraction of sp³-hybridized carbons (Fsp3) is 0.533. The second-order valence-corrected chi connectivity index (χ2v) is 6.50. The first-order valence-electron chi connectivity index (χ1n) is 6.84. The number of nitrogens with one attached hydrogen (secondary N) is 1. The maximum Gasteiger partial charge on any atom is 0.327 e. The van der Waals surface area contributed by atoms with Gasteiger partial charge >= 0.3 is 5.97 Å². The van der Waals surface area contributed by atoms with Crippen LogP contribution in [-0.2, 0) is 9.53 Å². The predicted octanol–water partition coefficient (Wildman–Crippen LogP) is 3.36. The van der Waals surface area contributed by atoms with E-state index in [9.17, 15) is 4.79 Å². The minimum Gasteiger partial charge on any atom is -0.468 e. The van der Waals surface area contributed by atoms with E-state index >= 15 is 0 Å². The number of carbonyl (C=O) groups excluding carboxylic acids is 1. The first kappa shape index (κ1) is 15.7. The Morgan fingerprint density at radius 1 is 1.55 bits per heavy atom. The summed E-state index contributed by atoms with van der Waals surface area (Å²) >= 11 is 7.65. The monoisotopic (exact) mass is 313 g/mol. The van der Waals surface area contributed by atoms with Crippen molar-refractivity contribution >= 4 is 29.3 Å². The van der Waals surface area contributed by atoms with E-state index in [0.29, 0.717) is 16.7 Å². The average Bonchev–Trinajstić information content (AvgIpc) is 3.27. The van der Waals surface area contributed by atoms with Crippen LogP contribution in [0.4, 0.5) is 0 Å². The number of thioether (sulfide) groups is 1. The van der Waals surface area contributed by atoms with Gasteiger partial charge in [-0.25, -0.2) is 0 Å². The van der Waals surface area contributed by atoms with E-state index in [1.165, 1.54) is 7.11 Å². The average molecular weight is 314 g/mol. The zero-order valence-electron chi connectivity index (χ0n) is 11.8. The van der Waals surface area contributed by atoms with Crippen molar-refractivity contribution in [3.05, 3.63) is 29.3 Å². The molecule has 0 bridgehead atoms. The van der Waals surface area contributed by atoms with Gasteiger partial charge in [0, 0.05) is 15.7 Å². The van der Waals surface area contributed by atoms with Crippen LogP contribution < -0.4 is 5.32 Å². The molecular formula is C15H20ClNO2S. The van der Waals surface area contributed by atoms with Crippen LogP contribution in [0.1, 0.15) is 19.8 Å². The fourth-order valence-electron chi connectivity index (χ4n) is 2.44. The SMILES string of the molecule is CCNC(CSc1cccc(Cl)c1)(C(=O)OC)C1CC1. The highest BCUT2D eigenvalue weighted by atomic mass is 35.5. The number of halogens is 1. The van der Waals surface area contributed by atoms with Crippen LogP contribution in [0, 0.1) is 5.92 Å². The summed E-state index contributed by atoms with van der Waals surface area (Å²) in [5.41, 5.74) is -0.573. The fourth-order valence-corrected chi connectivity index (χ4v) is 3.93. The predicted molar refractivity (Wildman–Crippen MR) is 83.3 cm³/mol. The molecule has 0 saturated heterocycles. The number of ether oxygens (including phenoxy) is 1. The number of likely N-dealkylation sites (N-methyl/N-ethyl adjacent to an activating group) is 1. The Labute approximate surface area is 129 Å². The molecule has 1 N–H and O–H groups in total. The molecule has 2 rings (SSSR count). The summed E-state index contributed by atoms with van der Waals surface area (Å²) in [5, 5.41) is 4.08. The Morgan fingerprint density at radius 2 is 2.30 bits per heavy atom. The molecule has 110 valence electrons. The summed E-state index contributed by atoms with van der Waals surface area (Å²) in [6, 6.07) is 7.71. The first-order chi connectivity index (χ1) is 9.62. The van der Waals surface area contributed by atoms with E-state index in [-0.39, 0.29) is 5.97 Å². The van der Waals surface area contributed by atoms with Crippen LogP contribution in [0.5, 0.6) is 0 Å². The molecule has 0 radical (unpaired) electrons. The van der Waals surface area contributed by atoms with Gasteiger partial charge in [0.2, 0.25) is 0 Å². The minimum absolute atomic E-state index is 0.156. The lowest BCUT2D eigenvalue weighted by molar-refractivity contribution is -0.148. The first-order valence-corrected chi connectivity index (χ1v) is 8.20. The molecule has 1 aliphatic carbocycles. The standard InChI is InChI=1S/C15H20ClNO2S/c1-3-17-15(11-7-8-11,14(18)19-2)10-20-13-6-4-5-12(16)9-13/h4-6,9,11,17H,3,7-8,10H2,1-2H3. The van der Waals surface area contributed by atoms with E-state index in [4.69, 9.17) is 16.3 Å². The molecule has 0 amide bonds. The van der Waals surface area contributed by atoms with Gasteiger partial charge in [0.15, 0.2) is 0 Å². The molecule has 1 aliphatic rings. The maximum atomic E-state index is 12.3. The van der Waals surface area contributed by atoms with E-state index in [0.717, 1.165) is 24.3 Å². The van der Waals surface area contributed by atoms with Crippen molar-refractivity contribution in [3.8, 4) is 0 Å². The molecule has 0 heterocycles. The number of carbonyl (C=O) groups is 1. The van der Waals surface area contributed by atoms with E-state index in [2.05, 4.69) is 5.32 Å².